The molecule has 1 aromatic rings. The Morgan fingerprint density at radius 1 is 1.06 bits per heavy atom. The summed E-state index contributed by atoms with van der Waals surface area (Å²) in [7, 11) is 0. The van der Waals surface area contributed by atoms with Crippen LogP contribution < -0.4 is 0 Å². The molecule has 0 fully saturated rings. The van der Waals surface area contributed by atoms with Gasteiger partial charge in [-0.05, 0) is 12.1 Å². The number of hydrogen-bond acceptors (Lipinski definition) is 4. The van der Waals surface area contributed by atoms with Gasteiger partial charge in [0.1, 0.15) is 0 Å². The molecule has 0 amide bonds. The van der Waals surface area contributed by atoms with Crippen LogP contribution in [0.3, 0.4) is 0 Å². The first-order chi connectivity index (χ1) is 5.61. The molecule has 17 heavy (non-hydrogen) atoms. The normalized spacial score (nSPS) is 7.24. The largest absolute Gasteiger partial charge is 3.00 e. The molecule has 0 unspecified atom stereocenters. The maximum atomic E-state index is 10.2. The van der Waals surface area contributed by atoms with E-state index in [1.54, 1.807) is 0 Å². The zero-order valence-electron chi connectivity index (χ0n) is 8.54. The fourth-order valence-corrected chi connectivity index (χ4v) is 0.768. The Labute approximate surface area is 142 Å². The molecular formula is C7H11NO6Ti3+6. The van der Waals surface area contributed by atoms with Crippen LogP contribution in [0.4, 0.5) is 5.69 Å². The van der Waals surface area contributed by atoms with Gasteiger partial charge in [0.05, 0.1) is 4.92 Å². The first kappa shape index (κ1) is 30.5. The number of non-ortho nitro benzene ring substituents is 1. The summed E-state index contributed by atoms with van der Waals surface area (Å²) in [5.41, 5.74) is 0.167. The summed E-state index contributed by atoms with van der Waals surface area (Å²) in [6.07, 6.45) is -1.58. The Kier molecular flexibility index (Phi) is 26.4. The van der Waals surface area contributed by atoms with Crippen molar-refractivity contribution in [3.63, 3.8) is 0 Å². The maximum Gasteiger partial charge on any atom is 3.00 e. The summed E-state index contributed by atoms with van der Waals surface area (Å²) in [6.45, 7) is 0. The first-order valence-electron chi connectivity index (χ1n) is 3.22. The van der Waals surface area contributed by atoms with Gasteiger partial charge in [0.15, 0.2) is 6.29 Å². The molecule has 6 N–H and O–H groups in total. The van der Waals surface area contributed by atoms with Crippen molar-refractivity contribution < 1.29 is 91.2 Å². The fourth-order valence-electron chi connectivity index (χ4n) is 0.768. The Bertz CT molecular complexity index is 294. The van der Waals surface area contributed by atoms with E-state index in [-0.39, 0.29) is 87.4 Å². The van der Waals surface area contributed by atoms with Crippen LogP contribution in [0.2, 0.25) is 0 Å². The summed E-state index contributed by atoms with van der Waals surface area (Å²) >= 11 is 0. The van der Waals surface area contributed by atoms with E-state index in [9.17, 15) is 10.1 Å². The summed E-state index contributed by atoms with van der Waals surface area (Å²) in [5.74, 6) is 0. The van der Waals surface area contributed by atoms with Crippen LogP contribution in [0.1, 0.15) is 11.9 Å². The summed E-state index contributed by atoms with van der Waals surface area (Å²) in [4.78, 5) is 9.61. The molecule has 0 aliphatic heterocycles. The second-order valence-electron chi connectivity index (χ2n) is 2.22. The molecule has 2 radical (unpaired) electrons. The molecule has 0 saturated heterocycles. The van der Waals surface area contributed by atoms with E-state index < -0.39 is 11.2 Å². The molecule has 0 aromatic heterocycles. The van der Waals surface area contributed by atoms with Crippen molar-refractivity contribution in [3.05, 3.63) is 39.9 Å². The van der Waals surface area contributed by atoms with Gasteiger partial charge in [-0.15, -0.1) is 0 Å². The van der Waals surface area contributed by atoms with E-state index >= 15 is 0 Å². The number of hydrogen-bond donors (Lipinski definition) is 2. The monoisotopic (exact) mass is 349 g/mol. The Morgan fingerprint density at radius 3 is 1.65 bits per heavy atom. The standard InChI is InChI=1S/C7H7NO4.2H2O.3Ti/c9-7(10)5-1-3-6(4-2-5)8(11)12;;;;;/h1-4,7,9-10H;2*1H2;;;/q;;;;2*+3. The molecule has 0 heterocycles. The Balaban J connectivity index is -0.0000000960. The molecule has 0 atom stereocenters. The molecule has 7 nitrogen and oxygen atoms in total. The molecule has 0 spiro atoms. The molecule has 0 aliphatic carbocycles. The zero-order valence-corrected chi connectivity index (χ0v) is 13.2. The average molecular weight is 349 g/mol. The molecule has 10 heteroatoms. The van der Waals surface area contributed by atoms with Crippen LogP contribution >= 0.6 is 0 Å². The molecule has 1 aromatic carbocycles. The topological polar surface area (TPSA) is 147 Å². The third-order valence-corrected chi connectivity index (χ3v) is 1.40. The summed E-state index contributed by atoms with van der Waals surface area (Å²) in [5, 5.41) is 27.4. The van der Waals surface area contributed by atoms with Gasteiger partial charge in [-0.2, -0.15) is 0 Å². The van der Waals surface area contributed by atoms with E-state index in [2.05, 4.69) is 0 Å². The summed E-state index contributed by atoms with van der Waals surface area (Å²) < 4.78 is 0. The number of nitro benzene ring substituents is 1. The average Bonchev–Trinajstić information content (AvgIpc) is 2.04. The number of aliphatic hydroxyl groups is 2. The minimum absolute atomic E-state index is 0. The Morgan fingerprint density at radius 2 is 1.41 bits per heavy atom. The van der Waals surface area contributed by atoms with Crippen molar-refractivity contribution in [1.29, 1.82) is 0 Å². The first-order valence-corrected chi connectivity index (χ1v) is 3.22. The van der Waals surface area contributed by atoms with Crippen LogP contribution in [0.5, 0.6) is 0 Å². The number of nitro groups is 1. The van der Waals surface area contributed by atoms with Crippen molar-refractivity contribution in [3.8, 4) is 0 Å². The fraction of sp³-hybridized carbons (Fsp3) is 0.143. The minimum atomic E-state index is -1.58. The third kappa shape index (κ3) is 10.2. The van der Waals surface area contributed by atoms with Crippen LogP contribution in [-0.2, 0) is 65.2 Å². The van der Waals surface area contributed by atoms with Gasteiger partial charge >= 0.3 is 43.4 Å². The van der Waals surface area contributed by atoms with Crippen LogP contribution in [-0.4, -0.2) is 26.1 Å². The van der Waals surface area contributed by atoms with E-state index in [0.717, 1.165) is 0 Å². The van der Waals surface area contributed by atoms with Gasteiger partial charge < -0.3 is 21.2 Å². The van der Waals surface area contributed by atoms with Gasteiger partial charge in [-0.1, -0.05) is 0 Å². The van der Waals surface area contributed by atoms with Crippen molar-refractivity contribution in [2.24, 2.45) is 0 Å². The molecule has 1 rings (SSSR count). The van der Waals surface area contributed by atoms with Gasteiger partial charge in [0.25, 0.3) is 5.69 Å². The van der Waals surface area contributed by atoms with Gasteiger partial charge in [-0.3, -0.25) is 10.1 Å². The van der Waals surface area contributed by atoms with Crippen LogP contribution in [0, 0.1) is 10.1 Å². The van der Waals surface area contributed by atoms with Crippen molar-refractivity contribution in [2.75, 3.05) is 0 Å². The van der Waals surface area contributed by atoms with Crippen molar-refractivity contribution >= 4 is 5.69 Å². The second kappa shape index (κ2) is 14.7. The summed E-state index contributed by atoms with van der Waals surface area (Å²) in [6, 6.07) is 5.02. The van der Waals surface area contributed by atoms with E-state index in [1.807, 2.05) is 0 Å². The van der Waals surface area contributed by atoms with Crippen molar-refractivity contribution in [1.82, 2.24) is 0 Å². The van der Waals surface area contributed by atoms with E-state index in [4.69, 9.17) is 10.2 Å². The zero-order chi connectivity index (χ0) is 9.14. The molecular weight excluding hydrogens is 338 g/mol. The number of rotatable bonds is 2. The molecule has 86 valence electrons. The maximum absolute atomic E-state index is 10.2. The van der Waals surface area contributed by atoms with Crippen molar-refractivity contribution in [2.45, 2.75) is 6.29 Å². The van der Waals surface area contributed by atoms with Gasteiger partial charge in [0, 0.05) is 39.4 Å². The van der Waals surface area contributed by atoms with Crippen LogP contribution in [0.25, 0.3) is 0 Å². The van der Waals surface area contributed by atoms with Gasteiger partial charge in [0.2, 0.25) is 0 Å². The molecule has 0 aliphatic rings. The second-order valence-corrected chi connectivity index (χ2v) is 2.22. The smallest absolute Gasteiger partial charge is 0.412 e. The SMILES string of the molecule is O.O.O=[N+]([O-])c1ccc(C(O)O)cc1.[Ti+3].[Ti+3].[Ti]. The predicted octanol–water partition coefficient (Wildman–Crippen LogP) is -1.08. The number of benzene rings is 1. The predicted molar refractivity (Wildman–Crippen MR) is 47.5 cm³/mol. The van der Waals surface area contributed by atoms with Crippen LogP contribution in [0.15, 0.2) is 24.3 Å². The number of aliphatic hydroxyl groups excluding tert-OH is 1. The Hall–Kier alpha value is 0.603. The molecule has 0 saturated carbocycles. The quantitative estimate of drug-likeness (QED) is 0.303. The van der Waals surface area contributed by atoms with E-state index in [1.165, 1.54) is 24.3 Å². The van der Waals surface area contributed by atoms with Gasteiger partial charge in [-0.25, -0.2) is 0 Å². The molecule has 0 bridgehead atoms. The number of nitrogens with zero attached hydrogens (tertiary/aromatic N) is 1. The van der Waals surface area contributed by atoms with E-state index in [0.29, 0.717) is 0 Å². The third-order valence-electron chi connectivity index (χ3n) is 1.40. The minimum Gasteiger partial charge on any atom is -0.412 e.